The Labute approximate surface area is 168 Å². The molecule has 0 bridgehead atoms. The maximum atomic E-state index is 12.6. The largest absolute Gasteiger partial charge is 0.367 e. The van der Waals surface area contributed by atoms with Crippen LogP contribution in [0.2, 0.25) is 0 Å². The lowest BCUT2D eigenvalue weighted by atomic mass is 9.80. The van der Waals surface area contributed by atoms with E-state index in [9.17, 15) is 14.4 Å². The van der Waals surface area contributed by atoms with Crippen LogP contribution in [0.3, 0.4) is 0 Å². The summed E-state index contributed by atoms with van der Waals surface area (Å²) in [6.07, 6.45) is 6.97. The van der Waals surface area contributed by atoms with Gasteiger partial charge < -0.3 is 15.8 Å². The predicted molar refractivity (Wildman–Crippen MR) is 107 cm³/mol. The molecule has 1 aromatic heterocycles. The third-order valence-corrected chi connectivity index (χ3v) is 5.80. The summed E-state index contributed by atoms with van der Waals surface area (Å²) in [6.45, 7) is 0. The Bertz CT molecular complexity index is 959. The number of nitrogens with one attached hydrogen (secondary N) is 1. The lowest BCUT2D eigenvalue weighted by Gasteiger charge is -2.37. The summed E-state index contributed by atoms with van der Waals surface area (Å²) >= 11 is 0. The number of ether oxygens (including phenoxy) is 1. The van der Waals surface area contributed by atoms with Crippen LogP contribution in [0.5, 0.6) is 0 Å². The summed E-state index contributed by atoms with van der Waals surface area (Å²) in [4.78, 5) is 35.8. The first kappa shape index (κ1) is 19.4. The molecule has 1 spiro atoms. The number of pyridine rings is 1. The molecular weight excluding hydrogens is 370 g/mol. The quantitative estimate of drug-likeness (QED) is 0.824. The van der Waals surface area contributed by atoms with Gasteiger partial charge in [-0.1, -0.05) is 6.07 Å². The van der Waals surface area contributed by atoms with Crippen molar-refractivity contribution in [3.63, 3.8) is 0 Å². The van der Waals surface area contributed by atoms with Gasteiger partial charge in [0.05, 0.1) is 5.60 Å². The molecule has 151 valence electrons. The van der Waals surface area contributed by atoms with Gasteiger partial charge in [0.1, 0.15) is 6.10 Å². The molecule has 1 aromatic carbocycles. The van der Waals surface area contributed by atoms with Crippen molar-refractivity contribution < 1.29 is 14.3 Å². The number of rotatable bonds is 4. The Kier molecular flexibility index (Phi) is 5.24. The third kappa shape index (κ3) is 4.10. The number of benzene rings is 1. The highest BCUT2D eigenvalue weighted by atomic mass is 16.5. The van der Waals surface area contributed by atoms with E-state index in [4.69, 9.17) is 10.5 Å². The fraction of sp³-hybridized carbons (Fsp3) is 0.364. The second kappa shape index (κ2) is 7.83. The van der Waals surface area contributed by atoms with Crippen molar-refractivity contribution in [2.24, 2.45) is 5.73 Å². The summed E-state index contributed by atoms with van der Waals surface area (Å²) in [5, 5.41) is 3.04. The number of amides is 2. The lowest BCUT2D eigenvalue weighted by Crippen LogP contribution is -2.44. The van der Waals surface area contributed by atoms with Gasteiger partial charge in [0.25, 0.3) is 11.5 Å². The number of hydrogen-bond acceptors (Lipinski definition) is 4. The smallest absolute Gasteiger partial charge is 0.255 e. The zero-order valence-corrected chi connectivity index (χ0v) is 16.0. The highest BCUT2D eigenvalue weighted by Gasteiger charge is 2.44. The maximum absolute atomic E-state index is 12.6. The van der Waals surface area contributed by atoms with Gasteiger partial charge in [0.15, 0.2) is 0 Å². The summed E-state index contributed by atoms with van der Waals surface area (Å²) in [5.74, 6) is -0.560. The van der Waals surface area contributed by atoms with Gasteiger partial charge in [-0.2, -0.15) is 0 Å². The standard InChI is InChI=1S/C22H24N3O4/c23-20(27)18-10-13-22(29-18)11-8-16(9-12-22)24-21(28)15-4-6-17(7-5-15)25-14-2-1-3-19(25)26/h1-8,14,16,18H,9-13H2,(H2,23,27)(H,24,28). The topological polar surface area (TPSA) is 103 Å². The highest BCUT2D eigenvalue weighted by molar-refractivity contribution is 5.94. The van der Waals surface area contributed by atoms with Gasteiger partial charge in [0.2, 0.25) is 5.91 Å². The summed E-state index contributed by atoms with van der Waals surface area (Å²) in [6, 6.07) is 11.9. The molecule has 4 rings (SSSR count). The van der Waals surface area contributed by atoms with Crippen molar-refractivity contribution in [1.82, 2.24) is 9.88 Å². The van der Waals surface area contributed by atoms with E-state index in [-0.39, 0.29) is 23.1 Å². The average molecular weight is 394 g/mol. The van der Waals surface area contributed by atoms with E-state index < -0.39 is 12.0 Å². The predicted octanol–water partition coefficient (Wildman–Crippen LogP) is 1.73. The molecule has 1 saturated carbocycles. The first-order chi connectivity index (χ1) is 14.0. The van der Waals surface area contributed by atoms with Crippen LogP contribution in [0.15, 0.2) is 53.5 Å². The van der Waals surface area contributed by atoms with Gasteiger partial charge >= 0.3 is 0 Å². The van der Waals surface area contributed by atoms with E-state index in [1.807, 2.05) is 0 Å². The molecule has 1 aliphatic carbocycles. The molecule has 2 fully saturated rings. The molecule has 7 nitrogen and oxygen atoms in total. The molecular formula is C22H24N3O4. The van der Waals surface area contributed by atoms with E-state index >= 15 is 0 Å². The van der Waals surface area contributed by atoms with Crippen molar-refractivity contribution in [2.75, 3.05) is 0 Å². The summed E-state index contributed by atoms with van der Waals surface area (Å²) in [7, 11) is 0. The number of carbonyl (C=O) groups excluding carboxylic acids is 2. The number of carbonyl (C=O) groups is 2. The average Bonchev–Trinajstić information content (AvgIpc) is 3.15. The van der Waals surface area contributed by atoms with E-state index in [0.717, 1.165) is 19.3 Å². The normalized spacial score (nSPS) is 26.3. The number of primary amides is 1. The minimum atomic E-state index is -0.495. The van der Waals surface area contributed by atoms with Crippen LogP contribution in [0.25, 0.3) is 5.69 Å². The van der Waals surface area contributed by atoms with Gasteiger partial charge in [0, 0.05) is 29.6 Å². The molecule has 3 unspecified atom stereocenters. The Balaban J connectivity index is 1.34. The van der Waals surface area contributed by atoms with Crippen molar-refractivity contribution in [1.29, 1.82) is 0 Å². The molecule has 29 heavy (non-hydrogen) atoms. The highest BCUT2D eigenvalue weighted by Crippen LogP contribution is 2.41. The van der Waals surface area contributed by atoms with Crippen molar-refractivity contribution in [3.05, 3.63) is 71.0 Å². The van der Waals surface area contributed by atoms with Crippen LogP contribution >= 0.6 is 0 Å². The van der Waals surface area contributed by atoms with Gasteiger partial charge in [-0.15, -0.1) is 0 Å². The van der Waals surface area contributed by atoms with E-state index in [0.29, 0.717) is 24.1 Å². The fourth-order valence-electron chi connectivity index (χ4n) is 4.14. The minimum absolute atomic E-state index is 0.0410. The SMILES string of the molecule is NC(=O)C1CCC2(C[CH]C(NC(=O)c3ccc(-n4ccccc4=O)cc3)CC2)O1. The molecule has 2 heterocycles. The zero-order valence-electron chi connectivity index (χ0n) is 16.0. The third-order valence-electron chi connectivity index (χ3n) is 5.80. The second-order valence-electron chi connectivity index (χ2n) is 7.74. The molecule has 2 aliphatic rings. The van der Waals surface area contributed by atoms with Crippen molar-refractivity contribution in [2.45, 2.75) is 49.9 Å². The van der Waals surface area contributed by atoms with Gasteiger partial charge in [-0.25, -0.2) is 0 Å². The number of nitrogens with zero attached hydrogens (tertiary/aromatic N) is 1. The minimum Gasteiger partial charge on any atom is -0.367 e. The van der Waals surface area contributed by atoms with Crippen LogP contribution in [0.4, 0.5) is 0 Å². The van der Waals surface area contributed by atoms with Crippen molar-refractivity contribution >= 4 is 11.8 Å². The zero-order chi connectivity index (χ0) is 20.4. The fourth-order valence-corrected chi connectivity index (χ4v) is 4.14. The van der Waals surface area contributed by atoms with Crippen LogP contribution in [0.1, 0.15) is 42.5 Å². The van der Waals surface area contributed by atoms with Gasteiger partial charge in [-0.3, -0.25) is 19.0 Å². The molecule has 3 atom stereocenters. The van der Waals surface area contributed by atoms with E-state index in [1.165, 1.54) is 10.6 Å². The monoisotopic (exact) mass is 394 g/mol. The number of aromatic nitrogens is 1. The Morgan fingerprint density at radius 3 is 2.48 bits per heavy atom. The van der Waals surface area contributed by atoms with Crippen molar-refractivity contribution in [3.8, 4) is 5.69 Å². The van der Waals surface area contributed by atoms with E-state index in [1.54, 1.807) is 42.6 Å². The molecule has 1 aliphatic heterocycles. The van der Waals surface area contributed by atoms with Crippen LogP contribution < -0.4 is 16.6 Å². The van der Waals surface area contributed by atoms with Crippen LogP contribution in [-0.2, 0) is 9.53 Å². The molecule has 1 radical (unpaired) electrons. The molecule has 2 aromatic rings. The Morgan fingerprint density at radius 2 is 1.86 bits per heavy atom. The van der Waals surface area contributed by atoms with Gasteiger partial charge in [-0.05, 0) is 68.9 Å². The van der Waals surface area contributed by atoms with Crippen LogP contribution in [0, 0.1) is 6.42 Å². The van der Waals surface area contributed by atoms with Crippen LogP contribution in [-0.4, -0.2) is 34.1 Å². The lowest BCUT2D eigenvalue weighted by molar-refractivity contribution is -0.135. The molecule has 3 N–H and O–H groups in total. The second-order valence-corrected chi connectivity index (χ2v) is 7.74. The molecule has 1 saturated heterocycles. The Morgan fingerprint density at radius 1 is 1.10 bits per heavy atom. The summed E-state index contributed by atoms with van der Waals surface area (Å²) < 4.78 is 7.43. The first-order valence-corrected chi connectivity index (χ1v) is 9.85. The van der Waals surface area contributed by atoms with E-state index in [2.05, 4.69) is 11.7 Å². The first-order valence-electron chi connectivity index (χ1n) is 9.85. The molecule has 2 amide bonds. The molecule has 7 heteroatoms. The summed E-state index contributed by atoms with van der Waals surface area (Å²) in [5.41, 5.74) is 6.16. The number of nitrogens with two attached hydrogens (primary N) is 1. The Hall–Kier alpha value is -2.93. The number of hydrogen-bond donors (Lipinski definition) is 2. The maximum Gasteiger partial charge on any atom is 0.255 e.